The summed E-state index contributed by atoms with van der Waals surface area (Å²) in [7, 11) is 0. The Hall–Kier alpha value is -2.67. The van der Waals surface area contributed by atoms with Crippen molar-refractivity contribution in [1.82, 2.24) is 4.98 Å². The molecule has 23 heavy (non-hydrogen) atoms. The number of benzene rings is 1. The van der Waals surface area contributed by atoms with Crippen molar-refractivity contribution in [3.05, 3.63) is 42.4 Å². The van der Waals surface area contributed by atoms with Gasteiger partial charge in [-0.05, 0) is 43.7 Å². The highest BCUT2D eigenvalue weighted by Gasteiger charge is 2.10. The third-order valence-corrected chi connectivity index (χ3v) is 4.19. The van der Waals surface area contributed by atoms with Crippen LogP contribution in [0.15, 0.2) is 46.1 Å². The Kier molecular flexibility index (Phi) is 4.38. The number of hydrogen-bond donors (Lipinski definition) is 2. The van der Waals surface area contributed by atoms with E-state index < -0.39 is 0 Å². The van der Waals surface area contributed by atoms with Crippen molar-refractivity contribution >= 4 is 44.0 Å². The molecule has 0 fully saturated rings. The summed E-state index contributed by atoms with van der Waals surface area (Å²) < 4.78 is 6.09. The summed E-state index contributed by atoms with van der Waals surface area (Å²) in [5, 5.41) is 7.76. The van der Waals surface area contributed by atoms with Crippen LogP contribution in [0.4, 0.5) is 10.8 Å². The molecule has 0 aliphatic heterocycles. The van der Waals surface area contributed by atoms with Crippen LogP contribution in [0.3, 0.4) is 0 Å². The van der Waals surface area contributed by atoms with Gasteiger partial charge in [0.15, 0.2) is 5.76 Å². The number of fused-ring (bicyclic) bond motifs is 1. The SMILES string of the molecule is CC/C(C)=N\Nc1nc2cc(NC(=O)c3ccco3)ccc2s1. The van der Waals surface area contributed by atoms with E-state index in [-0.39, 0.29) is 11.7 Å². The van der Waals surface area contributed by atoms with Gasteiger partial charge in [0, 0.05) is 11.4 Å². The van der Waals surface area contributed by atoms with Crippen LogP contribution in [-0.4, -0.2) is 16.6 Å². The fourth-order valence-electron chi connectivity index (χ4n) is 1.88. The first-order valence-corrected chi connectivity index (χ1v) is 8.02. The van der Waals surface area contributed by atoms with Gasteiger partial charge in [-0.15, -0.1) is 0 Å². The van der Waals surface area contributed by atoms with Crippen LogP contribution in [0.25, 0.3) is 10.2 Å². The monoisotopic (exact) mass is 328 g/mol. The second-order valence-electron chi connectivity index (χ2n) is 4.95. The van der Waals surface area contributed by atoms with Crippen LogP contribution in [0, 0.1) is 0 Å². The van der Waals surface area contributed by atoms with Crippen molar-refractivity contribution in [2.45, 2.75) is 20.3 Å². The van der Waals surface area contributed by atoms with Crippen LogP contribution in [0.2, 0.25) is 0 Å². The molecule has 0 bridgehead atoms. The standard InChI is InChI=1S/C16H16N4O2S/c1-3-10(2)19-20-16-18-12-9-11(6-7-14(12)23-16)17-15(21)13-5-4-8-22-13/h4-9H,3H2,1-2H3,(H,17,21)(H,18,20)/b19-10-. The van der Waals surface area contributed by atoms with Crippen molar-refractivity contribution in [3.63, 3.8) is 0 Å². The van der Waals surface area contributed by atoms with Gasteiger partial charge in [-0.1, -0.05) is 18.3 Å². The summed E-state index contributed by atoms with van der Waals surface area (Å²) in [6.45, 7) is 4.01. The van der Waals surface area contributed by atoms with Gasteiger partial charge in [0.05, 0.1) is 16.5 Å². The number of carbonyl (C=O) groups is 1. The van der Waals surface area contributed by atoms with Gasteiger partial charge in [-0.3, -0.25) is 10.2 Å². The summed E-state index contributed by atoms with van der Waals surface area (Å²) in [6.07, 6.45) is 2.36. The van der Waals surface area contributed by atoms with Gasteiger partial charge in [0.1, 0.15) is 0 Å². The lowest BCUT2D eigenvalue weighted by Crippen LogP contribution is -2.10. The average molecular weight is 328 g/mol. The fourth-order valence-corrected chi connectivity index (χ4v) is 2.66. The van der Waals surface area contributed by atoms with E-state index in [4.69, 9.17) is 4.42 Å². The topological polar surface area (TPSA) is 79.5 Å². The quantitative estimate of drug-likeness (QED) is 0.539. The first-order chi connectivity index (χ1) is 11.2. The molecule has 0 unspecified atom stereocenters. The van der Waals surface area contributed by atoms with E-state index in [0.717, 1.165) is 27.5 Å². The minimum absolute atomic E-state index is 0.273. The Morgan fingerprint density at radius 2 is 2.26 bits per heavy atom. The molecule has 0 atom stereocenters. The molecule has 1 aromatic carbocycles. The first kappa shape index (κ1) is 15.2. The maximum absolute atomic E-state index is 12.0. The zero-order valence-electron chi connectivity index (χ0n) is 12.8. The highest BCUT2D eigenvalue weighted by molar-refractivity contribution is 7.22. The smallest absolute Gasteiger partial charge is 0.291 e. The molecule has 0 aliphatic carbocycles. The second-order valence-corrected chi connectivity index (χ2v) is 5.98. The molecule has 0 saturated heterocycles. The number of carbonyl (C=O) groups excluding carboxylic acids is 1. The summed E-state index contributed by atoms with van der Waals surface area (Å²) in [4.78, 5) is 16.4. The molecule has 3 aromatic rings. The first-order valence-electron chi connectivity index (χ1n) is 7.20. The molecule has 0 aliphatic rings. The van der Waals surface area contributed by atoms with E-state index in [9.17, 15) is 4.79 Å². The number of thiazole rings is 1. The summed E-state index contributed by atoms with van der Waals surface area (Å²) in [5.74, 6) is -0.0128. The molecule has 2 aromatic heterocycles. The van der Waals surface area contributed by atoms with Gasteiger partial charge in [0.25, 0.3) is 5.91 Å². The minimum Gasteiger partial charge on any atom is -0.459 e. The number of rotatable bonds is 5. The normalized spacial score (nSPS) is 11.7. The van der Waals surface area contributed by atoms with E-state index in [1.165, 1.54) is 17.6 Å². The lowest BCUT2D eigenvalue weighted by atomic mass is 10.3. The van der Waals surface area contributed by atoms with Crippen molar-refractivity contribution in [2.24, 2.45) is 5.10 Å². The average Bonchev–Trinajstić information content (AvgIpc) is 3.21. The van der Waals surface area contributed by atoms with E-state index in [1.54, 1.807) is 12.1 Å². The van der Waals surface area contributed by atoms with E-state index in [2.05, 4.69) is 20.8 Å². The molecule has 0 spiro atoms. The van der Waals surface area contributed by atoms with E-state index in [1.807, 2.05) is 32.0 Å². The largest absolute Gasteiger partial charge is 0.459 e. The van der Waals surface area contributed by atoms with Crippen LogP contribution < -0.4 is 10.7 Å². The number of aromatic nitrogens is 1. The van der Waals surface area contributed by atoms with Crippen LogP contribution in [0.5, 0.6) is 0 Å². The maximum Gasteiger partial charge on any atom is 0.291 e. The molecule has 0 saturated carbocycles. The Balaban J connectivity index is 1.77. The molecular weight excluding hydrogens is 312 g/mol. The maximum atomic E-state index is 12.0. The van der Waals surface area contributed by atoms with Crippen molar-refractivity contribution in [3.8, 4) is 0 Å². The summed E-state index contributed by atoms with van der Waals surface area (Å²) in [5.41, 5.74) is 5.45. The fraction of sp³-hybridized carbons (Fsp3) is 0.188. The number of nitrogens with zero attached hydrogens (tertiary/aromatic N) is 2. The molecule has 1 amide bonds. The summed E-state index contributed by atoms with van der Waals surface area (Å²) >= 11 is 1.51. The second kappa shape index (κ2) is 6.62. The molecule has 6 nitrogen and oxygen atoms in total. The zero-order valence-corrected chi connectivity index (χ0v) is 13.6. The van der Waals surface area contributed by atoms with Crippen molar-refractivity contribution in [2.75, 3.05) is 10.7 Å². The Labute approximate surface area is 137 Å². The lowest BCUT2D eigenvalue weighted by molar-refractivity contribution is 0.0996. The third kappa shape index (κ3) is 3.57. The Bertz CT molecular complexity index is 852. The summed E-state index contributed by atoms with van der Waals surface area (Å²) in [6, 6.07) is 8.88. The predicted molar refractivity (Wildman–Crippen MR) is 93.3 cm³/mol. The number of hydrogen-bond acceptors (Lipinski definition) is 6. The molecule has 0 radical (unpaired) electrons. The molecule has 2 N–H and O–H groups in total. The molecular formula is C16H16N4O2S. The number of nitrogens with one attached hydrogen (secondary N) is 2. The molecule has 7 heteroatoms. The molecule has 118 valence electrons. The predicted octanol–water partition coefficient (Wildman–Crippen LogP) is 4.34. The van der Waals surface area contributed by atoms with Crippen LogP contribution in [0.1, 0.15) is 30.8 Å². The van der Waals surface area contributed by atoms with E-state index >= 15 is 0 Å². The van der Waals surface area contributed by atoms with Gasteiger partial charge >= 0.3 is 0 Å². The number of anilines is 2. The van der Waals surface area contributed by atoms with Gasteiger partial charge in [0.2, 0.25) is 5.13 Å². The Morgan fingerprint density at radius 1 is 1.39 bits per heavy atom. The number of hydrazone groups is 1. The van der Waals surface area contributed by atoms with Crippen LogP contribution >= 0.6 is 11.3 Å². The van der Waals surface area contributed by atoms with Crippen LogP contribution in [-0.2, 0) is 0 Å². The highest BCUT2D eigenvalue weighted by atomic mass is 32.1. The number of amides is 1. The minimum atomic E-state index is -0.286. The Morgan fingerprint density at radius 3 is 3.00 bits per heavy atom. The van der Waals surface area contributed by atoms with E-state index in [0.29, 0.717) is 5.69 Å². The highest BCUT2D eigenvalue weighted by Crippen LogP contribution is 2.28. The number of furan rings is 1. The molecule has 3 rings (SSSR count). The lowest BCUT2D eigenvalue weighted by Gasteiger charge is -2.02. The molecule has 2 heterocycles. The third-order valence-electron chi connectivity index (χ3n) is 3.24. The van der Waals surface area contributed by atoms with Gasteiger partial charge < -0.3 is 9.73 Å². The van der Waals surface area contributed by atoms with Crippen molar-refractivity contribution in [1.29, 1.82) is 0 Å². The van der Waals surface area contributed by atoms with Gasteiger partial charge in [-0.25, -0.2) is 4.98 Å². The zero-order chi connectivity index (χ0) is 16.2. The van der Waals surface area contributed by atoms with Crippen molar-refractivity contribution < 1.29 is 9.21 Å². The van der Waals surface area contributed by atoms with Gasteiger partial charge in [-0.2, -0.15) is 5.10 Å².